The van der Waals surface area contributed by atoms with Gasteiger partial charge in [-0.25, -0.2) is 0 Å². The Morgan fingerprint density at radius 1 is 1.50 bits per heavy atom. The summed E-state index contributed by atoms with van der Waals surface area (Å²) < 4.78 is 0. The van der Waals surface area contributed by atoms with Crippen molar-refractivity contribution < 1.29 is 19.5 Å². The summed E-state index contributed by atoms with van der Waals surface area (Å²) in [7, 11) is 0. The molecule has 0 aliphatic rings. The Hall–Kier alpha value is 0.323. The van der Waals surface area contributed by atoms with Gasteiger partial charge in [-0.15, -0.1) is 11.3 Å². The van der Waals surface area contributed by atoms with Gasteiger partial charge in [0.2, 0.25) is 0 Å². The van der Waals surface area contributed by atoms with E-state index in [-0.39, 0.29) is 19.5 Å². The SMILES string of the molecule is [Ru].[c]1cccs1. The topological polar surface area (TPSA) is 0 Å². The largest absolute Gasteiger partial charge is 0.143 e. The fourth-order valence-corrected chi connectivity index (χ4v) is 0.589. The van der Waals surface area contributed by atoms with Crippen LogP contribution in [0.4, 0.5) is 0 Å². The van der Waals surface area contributed by atoms with Crippen molar-refractivity contribution in [2.45, 2.75) is 0 Å². The Labute approximate surface area is 54.0 Å². The van der Waals surface area contributed by atoms with Crippen molar-refractivity contribution in [2.24, 2.45) is 0 Å². The monoisotopic (exact) mass is 185 g/mol. The molecule has 6 heavy (non-hydrogen) atoms. The molecular weight excluding hydrogens is 181 g/mol. The molecule has 0 nitrogen and oxygen atoms in total. The van der Waals surface area contributed by atoms with Crippen molar-refractivity contribution in [3.8, 4) is 0 Å². The van der Waals surface area contributed by atoms with Gasteiger partial charge in [-0.3, -0.25) is 0 Å². The third-order valence-electron chi connectivity index (χ3n) is 0.379. The van der Waals surface area contributed by atoms with Gasteiger partial charge in [-0.1, -0.05) is 6.07 Å². The van der Waals surface area contributed by atoms with Crippen molar-refractivity contribution >= 4 is 11.3 Å². The molecule has 1 aromatic heterocycles. The van der Waals surface area contributed by atoms with E-state index in [9.17, 15) is 0 Å². The van der Waals surface area contributed by atoms with Crippen LogP contribution in [-0.4, -0.2) is 0 Å². The second kappa shape index (κ2) is 3.51. The van der Waals surface area contributed by atoms with Crippen molar-refractivity contribution in [3.63, 3.8) is 0 Å². The van der Waals surface area contributed by atoms with Gasteiger partial charge in [-0.2, -0.15) is 0 Å². The molecule has 2 heteroatoms. The van der Waals surface area contributed by atoms with Gasteiger partial charge in [-0.05, 0) is 11.4 Å². The quantitative estimate of drug-likeness (QED) is 0.536. The van der Waals surface area contributed by atoms with E-state index in [1.54, 1.807) is 11.3 Å². The van der Waals surface area contributed by atoms with Crippen LogP contribution in [0.2, 0.25) is 0 Å². The zero-order chi connectivity index (χ0) is 3.54. The zero-order valence-electron chi connectivity index (χ0n) is 2.99. The van der Waals surface area contributed by atoms with E-state index in [0.29, 0.717) is 0 Å². The van der Waals surface area contributed by atoms with Crippen LogP contribution in [0.25, 0.3) is 0 Å². The Kier molecular flexibility index (Phi) is 3.70. The van der Waals surface area contributed by atoms with Gasteiger partial charge in [0, 0.05) is 24.9 Å². The standard InChI is InChI=1S/C4H3S.Ru/c1-2-4-5-3-1;/h1-3H;. The summed E-state index contributed by atoms with van der Waals surface area (Å²) in [4.78, 5) is 0. The second-order valence-corrected chi connectivity index (χ2v) is 1.47. The molecule has 0 saturated heterocycles. The first-order valence-corrected chi connectivity index (χ1v) is 2.27. The summed E-state index contributed by atoms with van der Waals surface area (Å²) in [5, 5.41) is 4.89. The minimum Gasteiger partial charge on any atom is -0.143 e. The number of hydrogen-bond donors (Lipinski definition) is 0. The molecule has 0 N–H and O–H groups in total. The molecule has 0 aromatic carbocycles. The van der Waals surface area contributed by atoms with Gasteiger partial charge < -0.3 is 0 Å². The van der Waals surface area contributed by atoms with Crippen molar-refractivity contribution in [3.05, 3.63) is 22.9 Å². The van der Waals surface area contributed by atoms with E-state index in [2.05, 4.69) is 5.38 Å². The Balaban J connectivity index is 0.000000250. The molecule has 0 fully saturated rings. The molecule has 0 amide bonds. The van der Waals surface area contributed by atoms with E-state index < -0.39 is 0 Å². The molecular formula is C4H3RuS. The maximum Gasteiger partial charge on any atom is 0.0442 e. The summed E-state index contributed by atoms with van der Waals surface area (Å²) in [6.45, 7) is 0. The Bertz CT molecular complexity index is 64.0. The van der Waals surface area contributed by atoms with Gasteiger partial charge in [0.25, 0.3) is 0 Å². The summed E-state index contributed by atoms with van der Waals surface area (Å²) >= 11 is 1.59. The van der Waals surface area contributed by atoms with E-state index in [4.69, 9.17) is 0 Å². The summed E-state index contributed by atoms with van der Waals surface area (Å²) in [6, 6.07) is 3.86. The van der Waals surface area contributed by atoms with Gasteiger partial charge in [0.1, 0.15) is 0 Å². The molecule has 0 bridgehead atoms. The molecule has 0 aliphatic carbocycles. The maximum absolute atomic E-state index is 2.90. The summed E-state index contributed by atoms with van der Waals surface area (Å²) in [5.41, 5.74) is 0. The number of rotatable bonds is 0. The third kappa shape index (κ3) is 1.69. The van der Waals surface area contributed by atoms with Crippen LogP contribution in [0.5, 0.6) is 0 Å². The fourth-order valence-electron chi connectivity index (χ4n) is 0.196. The summed E-state index contributed by atoms with van der Waals surface area (Å²) in [5.74, 6) is 0. The van der Waals surface area contributed by atoms with Crippen LogP contribution >= 0.6 is 11.3 Å². The van der Waals surface area contributed by atoms with E-state index in [0.717, 1.165) is 0 Å². The predicted molar refractivity (Wildman–Crippen MR) is 23.2 cm³/mol. The van der Waals surface area contributed by atoms with Gasteiger partial charge >= 0.3 is 0 Å². The molecule has 0 atom stereocenters. The fraction of sp³-hybridized carbons (Fsp3) is 0. The van der Waals surface area contributed by atoms with Gasteiger partial charge in [0.15, 0.2) is 0 Å². The smallest absolute Gasteiger partial charge is 0.0442 e. The van der Waals surface area contributed by atoms with Crippen molar-refractivity contribution in [2.75, 3.05) is 0 Å². The first-order chi connectivity index (χ1) is 2.50. The maximum atomic E-state index is 2.90. The number of hydrogen-bond acceptors (Lipinski definition) is 1. The third-order valence-corrected chi connectivity index (χ3v) is 0.944. The first kappa shape index (κ1) is 6.32. The van der Waals surface area contributed by atoms with Crippen LogP contribution in [0, 0.1) is 5.38 Å². The molecule has 0 spiro atoms. The summed E-state index contributed by atoms with van der Waals surface area (Å²) in [6.07, 6.45) is 0. The predicted octanol–water partition coefficient (Wildman–Crippen LogP) is 1.55. The minimum atomic E-state index is 0. The van der Waals surface area contributed by atoms with Crippen molar-refractivity contribution in [1.82, 2.24) is 0 Å². The Morgan fingerprint density at radius 2 is 2.33 bits per heavy atom. The Morgan fingerprint density at radius 3 is 2.50 bits per heavy atom. The number of thiophene rings is 1. The molecule has 0 aliphatic heterocycles. The van der Waals surface area contributed by atoms with Crippen LogP contribution in [0.15, 0.2) is 17.5 Å². The van der Waals surface area contributed by atoms with Crippen LogP contribution in [0.3, 0.4) is 0 Å². The molecule has 0 saturated carbocycles. The molecule has 1 radical (unpaired) electrons. The second-order valence-electron chi connectivity index (χ2n) is 0.731. The van der Waals surface area contributed by atoms with E-state index in [1.165, 1.54) is 0 Å². The average molecular weight is 184 g/mol. The normalized spacial score (nSPS) is 6.67. The molecule has 1 rings (SSSR count). The average Bonchev–Trinajstić information content (AvgIpc) is 1.76. The molecule has 0 unspecified atom stereocenters. The van der Waals surface area contributed by atoms with Crippen LogP contribution in [0.1, 0.15) is 0 Å². The first-order valence-electron chi connectivity index (χ1n) is 1.40. The van der Waals surface area contributed by atoms with Gasteiger partial charge in [0.05, 0.1) is 0 Å². The zero-order valence-corrected chi connectivity index (χ0v) is 5.55. The van der Waals surface area contributed by atoms with Crippen LogP contribution < -0.4 is 0 Å². The van der Waals surface area contributed by atoms with E-state index >= 15 is 0 Å². The van der Waals surface area contributed by atoms with Crippen molar-refractivity contribution in [1.29, 1.82) is 0 Å². The molecule has 1 aromatic rings. The van der Waals surface area contributed by atoms with Crippen LogP contribution in [-0.2, 0) is 19.5 Å². The molecule has 1 heterocycles. The van der Waals surface area contributed by atoms with E-state index in [1.807, 2.05) is 17.5 Å². The molecule has 33 valence electrons. The minimum absolute atomic E-state index is 0.